The molecule has 0 aliphatic rings. The fourth-order valence-corrected chi connectivity index (χ4v) is 17.1. The molecule has 2 heterocycles. The molecule has 0 spiro atoms. The van der Waals surface area contributed by atoms with E-state index in [9.17, 15) is 0 Å². The van der Waals surface area contributed by atoms with E-state index in [-0.39, 0.29) is 0 Å². The summed E-state index contributed by atoms with van der Waals surface area (Å²) >= 11 is 1.88. The van der Waals surface area contributed by atoms with Crippen LogP contribution in [0.3, 0.4) is 0 Å². The van der Waals surface area contributed by atoms with E-state index in [1.54, 1.807) is 0 Å². The Labute approximate surface area is 407 Å². The van der Waals surface area contributed by atoms with Crippen molar-refractivity contribution in [2.45, 2.75) is 0 Å². The van der Waals surface area contributed by atoms with Gasteiger partial charge < -0.3 is 4.57 Å². The van der Waals surface area contributed by atoms with Gasteiger partial charge in [0.1, 0.15) is 0 Å². The Kier molecular flexibility index (Phi) is 10.1. The van der Waals surface area contributed by atoms with Crippen molar-refractivity contribution in [3.8, 4) is 50.2 Å². The summed E-state index contributed by atoms with van der Waals surface area (Å²) in [6.07, 6.45) is 0. The Hall–Kier alpha value is -8.34. The van der Waals surface area contributed by atoms with Gasteiger partial charge >= 0.3 is 0 Å². The van der Waals surface area contributed by atoms with Crippen LogP contribution in [0.15, 0.2) is 273 Å². The van der Waals surface area contributed by atoms with Gasteiger partial charge in [-0.2, -0.15) is 0 Å². The second kappa shape index (κ2) is 17.1. The first kappa shape index (κ1) is 40.9. The lowest BCUT2D eigenvalue weighted by atomic mass is 9.88. The maximum Gasteiger partial charge on any atom is 0.179 e. The molecule has 0 aliphatic carbocycles. The van der Waals surface area contributed by atoms with E-state index < -0.39 is 8.07 Å². The molecule has 3 heteroatoms. The van der Waals surface area contributed by atoms with Crippen LogP contribution in [0, 0.1) is 0 Å². The van der Waals surface area contributed by atoms with Crippen LogP contribution in [-0.4, -0.2) is 12.6 Å². The third kappa shape index (κ3) is 6.73. The predicted molar refractivity (Wildman–Crippen MR) is 299 cm³/mol. The lowest BCUT2D eigenvalue weighted by Crippen LogP contribution is -2.74. The summed E-state index contributed by atoms with van der Waals surface area (Å²) in [5, 5.41) is 10.4. The smallest absolute Gasteiger partial charge is 0.179 e. The van der Waals surface area contributed by atoms with Gasteiger partial charge in [-0.15, -0.1) is 11.3 Å². The molecule has 0 saturated heterocycles. The average molecular weight is 912 g/mol. The summed E-state index contributed by atoms with van der Waals surface area (Å²) in [6.45, 7) is 0. The monoisotopic (exact) mass is 911 g/mol. The Balaban J connectivity index is 1.28. The van der Waals surface area contributed by atoms with Crippen molar-refractivity contribution in [3.63, 3.8) is 0 Å². The van der Waals surface area contributed by atoms with Crippen molar-refractivity contribution >= 4 is 82.1 Å². The highest BCUT2D eigenvalue weighted by molar-refractivity contribution is 7.26. The van der Waals surface area contributed by atoms with Crippen LogP contribution in [0.5, 0.6) is 0 Å². The Bertz CT molecular complexity index is 3790. The third-order valence-electron chi connectivity index (χ3n) is 14.2. The minimum absolute atomic E-state index is 1.16. The van der Waals surface area contributed by atoms with E-state index in [1.165, 1.54) is 107 Å². The SMILES string of the molecule is c1ccc(-c2ccccc2-c2cc([Si](c3ccccc3)(c3ccccc3)c3ccccc3)cc(-c3ccccc3-c3ccccc3)c2-n2c3ccccc3c3cc4sc5ccccc5c4cc32)cc1. The zero-order valence-corrected chi connectivity index (χ0v) is 39.7. The second-order valence-corrected chi connectivity index (χ2v) is 22.8. The number of rotatable bonds is 9. The fraction of sp³-hybridized carbons (Fsp3) is 0. The minimum Gasteiger partial charge on any atom is -0.308 e. The molecule has 0 unspecified atom stereocenters. The van der Waals surface area contributed by atoms with Crippen molar-refractivity contribution in [1.82, 2.24) is 4.57 Å². The highest BCUT2D eigenvalue weighted by Crippen LogP contribution is 2.47. The topological polar surface area (TPSA) is 4.93 Å². The van der Waals surface area contributed by atoms with Crippen LogP contribution in [0.4, 0.5) is 0 Å². The van der Waals surface area contributed by atoms with Crippen LogP contribution in [0.2, 0.25) is 0 Å². The van der Waals surface area contributed by atoms with Gasteiger partial charge in [0.2, 0.25) is 0 Å². The van der Waals surface area contributed by atoms with Crippen LogP contribution >= 0.6 is 11.3 Å². The zero-order chi connectivity index (χ0) is 45.7. The number of nitrogens with zero attached hydrogens (tertiary/aromatic N) is 1. The van der Waals surface area contributed by atoms with Gasteiger partial charge in [0.15, 0.2) is 8.07 Å². The standard InChI is InChI=1S/C66H45NSSi/c1-6-24-46(25-7-1)52-34-16-18-36-54(52)60-42-51(69(48-28-10-3-11-29-48,49-30-12-4-13-31-49)50-32-14-5-15-33-50)43-61(55-37-19-17-35-53(55)47-26-8-2-9-27-47)66(60)67-62-40-22-20-38-56(62)58-45-65-59(44-63(58)67)57-39-21-23-41-64(57)68-65/h1-45H. The Morgan fingerprint density at radius 3 is 1.20 bits per heavy atom. The maximum atomic E-state index is 2.62. The quantitative estimate of drug-likeness (QED) is 0.100. The van der Waals surface area contributed by atoms with E-state index in [1.807, 2.05) is 11.3 Å². The number of hydrogen-bond donors (Lipinski definition) is 0. The number of thiophene rings is 1. The molecule has 13 aromatic rings. The Morgan fingerprint density at radius 1 is 0.261 bits per heavy atom. The van der Waals surface area contributed by atoms with Gasteiger partial charge in [0.05, 0.1) is 16.7 Å². The minimum atomic E-state index is -3.10. The van der Waals surface area contributed by atoms with Gasteiger partial charge in [0.25, 0.3) is 0 Å². The lowest BCUT2D eigenvalue weighted by molar-refractivity contribution is 1.19. The van der Waals surface area contributed by atoms with Crippen molar-refractivity contribution in [2.75, 3.05) is 0 Å². The fourth-order valence-electron chi connectivity index (χ4n) is 11.2. The molecule has 324 valence electrons. The van der Waals surface area contributed by atoms with Crippen molar-refractivity contribution in [3.05, 3.63) is 273 Å². The first-order chi connectivity index (χ1) is 34.3. The molecule has 1 nitrogen and oxygen atoms in total. The summed E-state index contributed by atoms with van der Waals surface area (Å²) < 4.78 is 5.22. The largest absolute Gasteiger partial charge is 0.308 e. The van der Waals surface area contributed by atoms with Gasteiger partial charge in [-0.25, -0.2) is 0 Å². The van der Waals surface area contributed by atoms with Crippen molar-refractivity contribution in [1.29, 1.82) is 0 Å². The lowest BCUT2D eigenvalue weighted by Gasteiger charge is -2.36. The second-order valence-electron chi connectivity index (χ2n) is 17.9. The molecular weight excluding hydrogens is 867 g/mol. The van der Waals surface area contributed by atoms with Gasteiger partial charge in [-0.05, 0) is 78.4 Å². The first-order valence-corrected chi connectivity index (χ1v) is 26.6. The van der Waals surface area contributed by atoms with E-state index in [0.717, 1.165) is 5.69 Å². The van der Waals surface area contributed by atoms with E-state index in [2.05, 4.69) is 278 Å². The van der Waals surface area contributed by atoms with Gasteiger partial charge in [-0.3, -0.25) is 0 Å². The van der Waals surface area contributed by atoms with Crippen LogP contribution in [-0.2, 0) is 0 Å². The average Bonchev–Trinajstić information content (AvgIpc) is 3.96. The number of para-hydroxylation sites is 1. The highest BCUT2D eigenvalue weighted by atomic mass is 32.1. The molecule has 11 aromatic carbocycles. The molecule has 0 radical (unpaired) electrons. The van der Waals surface area contributed by atoms with Crippen LogP contribution < -0.4 is 20.7 Å². The molecule has 0 N–H and O–H groups in total. The molecule has 0 bridgehead atoms. The normalized spacial score (nSPS) is 11.8. The molecule has 0 amide bonds. The zero-order valence-electron chi connectivity index (χ0n) is 37.8. The summed E-state index contributed by atoms with van der Waals surface area (Å²) in [5.41, 5.74) is 13.0. The third-order valence-corrected chi connectivity index (χ3v) is 20.0. The number of benzene rings is 11. The van der Waals surface area contributed by atoms with Crippen LogP contribution in [0.1, 0.15) is 0 Å². The summed E-state index contributed by atoms with van der Waals surface area (Å²) in [7, 11) is -3.10. The van der Waals surface area contributed by atoms with Gasteiger partial charge in [-0.1, -0.05) is 249 Å². The molecule has 69 heavy (non-hydrogen) atoms. The van der Waals surface area contributed by atoms with Crippen molar-refractivity contribution < 1.29 is 0 Å². The first-order valence-electron chi connectivity index (χ1n) is 23.8. The molecule has 2 aromatic heterocycles. The molecule has 0 aliphatic heterocycles. The molecule has 13 rings (SSSR count). The highest BCUT2D eigenvalue weighted by Gasteiger charge is 2.42. The maximum absolute atomic E-state index is 3.10. The number of fused-ring (bicyclic) bond motifs is 6. The molecular formula is C66H45NSSi. The van der Waals surface area contributed by atoms with Crippen molar-refractivity contribution in [2.24, 2.45) is 0 Å². The molecule has 0 fully saturated rings. The van der Waals surface area contributed by atoms with E-state index >= 15 is 0 Å². The predicted octanol–water partition coefficient (Wildman–Crippen LogP) is 15.2. The van der Waals surface area contributed by atoms with Crippen LogP contribution in [0.25, 0.3) is 92.2 Å². The summed E-state index contributed by atoms with van der Waals surface area (Å²) in [6, 6.07) is 102. The Morgan fingerprint density at radius 2 is 0.681 bits per heavy atom. The number of hydrogen-bond acceptors (Lipinski definition) is 1. The summed E-state index contributed by atoms with van der Waals surface area (Å²) in [4.78, 5) is 0. The van der Waals surface area contributed by atoms with Gasteiger partial charge in [0, 0.05) is 42.1 Å². The van der Waals surface area contributed by atoms with E-state index in [4.69, 9.17) is 0 Å². The molecule has 0 atom stereocenters. The van der Waals surface area contributed by atoms with E-state index in [0.29, 0.717) is 0 Å². The summed E-state index contributed by atoms with van der Waals surface area (Å²) in [5.74, 6) is 0. The number of aromatic nitrogens is 1. The molecule has 0 saturated carbocycles.